The zero-order valence-electron chi connectivity index (χ0n) is 18.2. The van der Waals surface area contributed by atoms with E-state index in [-0.39, 0.29) is 23.9 Å². The normalized spacial score (nSPS) is 11.2. The van der Waals surface area contributed by atoms with Gasteiger partial charge in [0.1, 0.15) is 12.4 Å². The van der Waals surface area contributed by atoms with Crippen LogP contribution in [0.1, 0.15) is 53.2 Å². The van der Waals surface area contributed by atoms with Crippen molar-refractivity contribution in [3.8, 4) is 5.69 Å². The minimum atomic E-state index is -0.245. The van der Waals surface area contributed by atoms with E-state index in [0.717, 1.165) is 24.2 Å². The molecule has 2 rings (SSSR count). The van der Waals surface area contributed by atoms with Crippen LogP contribution in [0, 0.1) is 0 Å². The molecular formula is C22H33N5O2. The van der Waals surface area contributed by atoms with Crippen LogP contribution in [0.2, 0.25) is 0 Å². The van der Waals surface area contributed by atoms with Gasteiger partial charge in [0.2, 0.25) is 5.91 Å². The molecule has 29 heavy (non-hydrogen) atoms. The predicted octanol–water partition coefficient (Wildman–Crippen LogP) is 3.94. The Bertz CT molecular complexity index is 808. The molecule has 0 unspecified atom stereocenters. The zero-order chi connectivity index (χ0) is 21.4. The molecular weight excluding hydrogens is 366 g/mol. The van der Waals surface area contributed by atoms with Crippen molar-refractivity contribution in [1.82, 2.24) is 20.0 Å². The summed E-state index contributed by atoms with van der Waals surface area (Å²) in [7, 11) is 0. The van der Waals surface area contributed by atoms with Gasteiger partial charge in [-0.3, -0.25) is 4.79 Å². The van der Waals surface area contributed by atoms with Crippen molar-refractivity contribution in [3.05, 3.63) is 42.1 Å². The van der Waals surface area contributed by atoms with Gasteiger partial charge in [0.15, 0.2) is 0 Å². The molecule has 0 spiro atoms. The summed E-state index contributed by atoms with van der Waals surface area (Å²) in [5.41, 5.74) is 1.58. The van der Waals surface area contributed by atoms with E-state index in [9.17, 15) is 9.59 Å². The molecule has 158 valence electrons. The van der Waals surface area contributed by atoms with E-state index in [0.29, 0.717) is 18.9 Å². The van der Waals surface area contributed by atoms with Gasteiger partial charge in [-0.05, 0) is 25.5 Å². The molecule has 0 aliphatic heterocycles. The summed E-state index contributed by atoms with van der Waals surface area (Å²) < 4.78 is 1.74. The fraction of sp³-hybridized carbons (Fsp3) is 0.500. The lowest BCUT2D eigenvalue weighted by Gasteiger charge is -2.22. The first-order chi connectivity index (χ1) is 13.8. The lowest BCUT2D eigenvalue weighted by atomic mass is 9.92. The third-order valence-corrected chi connectivity index (χ3v) is 4.48. The molecule has 2 aromatic rings. The Morgan fingerprint density at radius 2 is 1.83 bits per heavy atom. The van der Waals surface area contributed by atoms with Crippen molar-refractivity contribution in [1.29, 1.82) is 0 Å². The number of rotatable bonds is 8. The van der Waals surface area contributed by atoms with Crippen molar-refractivity contribution >= 4 is 17.8 Å². The van der Waals surface area contributed by atoms with Crippen LogP contribution >= 0.6 is 0 Å². The van der Waals surface area contributed by atoms with Crippen LogP contribution in [0.3, 0.4) is 0 Å². The summed E-state index contributed by atoms with van der Waals surface area (Å²) in [4.78, 5) is 26.6. The number of amides is 3. The molecule has 0 fully saturated rings. The molecule has 7 heteroatoms. The van der Waals surface area contributed by atoms with Crippen LogP contribution in [0.15, 0.2) is 36.4 Å². The smallest absolute Gasteiger partial charge is 0.317 e. The molecule has 2 N–H and O–H groups in total. The van der Waals surface area contributed by atoms with E-state index < -0.39 is 0 Å². The molecule has 1 aromatic carbocycles. The number of anilines is 1. The molecule has 3 amide bonds. The van der Waals surface area contributed by atoms with E-state index >= 15 is 0 Å². The Morgan fingerprint density at radius 3 is 2.41 bits per heavy atom. The van der Waals surface area contributed by atoms with Crippen LogP contribution in [-0.2, 0) is 10.2 Å². The lowest BCUT2D eigenvalue weighted by Crippen LogP contribution is -2.44. The minimum Gasteiger partial charge on any atom is -0.338 e. The monoisotopic (exact) mass is 399 g/mol. The Hall–Kier alpha value is -2.83. The molecule has 1 aromatic heterocycles. The number of nitrogens with zero attached hydrogens (tertiary/aromatic N) is 3. The van der Waals surface area contributed by atoms with E-state index in [2.05, 4.69) is 38.3 Å². The van der Waals surface area contributed by atoms with E-state index in [1.54, 1.807) is 9.58 Å². The molecule has 0 saturated heterocycles. The number of para-hydroxylation sites is 1. The standard InChI is InChI=1S/C22H33N5O2/c1-6-8-14-26(21(29)23-7-2)16-20(28)24-19-15-18(22(3,4)5)25-27(19)17-12-10-9-11-13-17/h9-13,15H,6-8,14,16H2,1-5H3,(H,23,29)(H,24,28). The van der Waals surface area contributed by atoms with Crippen LogP contribution < -0.4 is 10.6 Å². The van der Waals surface area contributed by atoms with Crippen LogP contribution in [-0.4, -0.2) is 46.3 Å². The topological polar surface area (TPSA) is 79.3 Å². The number of carbonyl (C=O) groups excluding carboxylic acids is 2. The molecule has 7 nitrogen and oxygen atoms in total. The molecule has 0 saturated carbocycles. The van der Waals surface area contributed by atoms with Crippen LogP contribution in [0.4, 0.5) is 10.6 Å². The SMILES string of the molecule is CCCCN(CC(=O)Nc1cc(C(C)(C)C)nn1-c1ccccc1)C(=O)NCC. The number of aromatic nitrogens is 2. The highest BCUT2D eigenvalue weighted by Gasteiger charge is 2.22. The number of carbonyl (C=O) groups is 2. The van der Waals surface area contributed by atoms with Gasteiger partial charge in [0, 0.05) is 24.6 Å². The summed E-state index contributed by atoms with van der Waals surface area (Å²) in [6.07, 6.45) is 1.80. The Morgan fingerprint density at radius 1 is 1.14 bits per heavy atom. The number of hydrogen-bond acceptors (Lipinski definition) is 3. The maximum absolute atomic E-state index is 12.8. The Labute approximate surface area is 173 Å². The van der Waals surface area contributed by atoms with Gasteiger partial charge >= 0.3 is 6.03 Å². The van der Waals surface area contributed by atoms with Crippen LogP contribution in [0.25, 0.3) is 5.69 Å². The largest absolute Gasteiger partial charge is 0.338 e. The summed E-state index contributed by atoms with van der Waals surface area (Å²) >= 11 is 0. The van der Waals surface area contributed by atoms with Gasteiger partial charge in [-0.15, -0.1) is 0 Å². The second kappa shape index (κ2) is 10.1. The Kier molecular flexibility index (Phi) is 7.82. The molecule has 0 aliphatic rings. The summed E-state index contributed by atoms with van der Waals surface area (Å²) in [6, 6.07) is 11.4. The second-order valence-electron chi connectivity index (χ2n) is 8.07. The summed E-state index contributed by atoms with van der Waals surface area (Å²) in [5, 5.41) is 10.4. The quantitative estimate of drug-likeness (QED) is 0.706. The fourth-order valence-electron chi connectivity index (χ4n) is 2.82. The predicted molar refractivity (Wildman–Crippen MR) is 116 cm³/mol. The average Bonchev–Trinajstić information content (AvgIpc) is 3.10. The lowest BCUT2D eigenvalue weighted by molar-refractivity contribution is -0.116. The van der Waals surface area contributed by atoms with Gasteiger partial charge in [-0.1, -0.05) is 52.3 Å². The highest BCUT2D eigenvalue weighted by molar-refractivity contribution is 5.94. The zero-order valence-corrected chi connectivity index (χ0v) is 18.2. The van der Waals surface area contributed by atoms with Crippen molar-refractivity contribution in [2.75, 3.05) is 25.0 Å². The van der Waals surface area contributed by atoms with Crippen molar-refractivity contribution in [2.45, 2.75) is 52.9 Å². The van der Waals surface area contributed by atoms with Gasteiger partial charge in [-0.2, -0.15) is 5.10 Å². The second-order valence-corrected chi connectivity index (χ2v) is 8.07. The number of nitrogens with one attached hydrogen (secondary N) is 2. The van der Waals surface area contributed by atoms with E-state index in [1.165, 1.54) is 0 Å². The van der Waals surface area contributed by atoms with Gasteiger partial charge in [0.25, 0.3) is 0 Å². The molecule has 0 aliphatic carbocycles. The van der Waals surface area contributed by atoms with Crippen LogP contribution in [0.5, 0.6) is 0 Å². The first-order valence-corrected chi connectivity index (χ1v) is 10.2. The number of benzene rings is 1. The van der Waals surface area contributed by atoms with Gasteiger partial charge < -0.3 is 15.5 Å². The van der Waals surface area contributed by atoms with E-state index in [4.69, 9.17) is 5.10 Å². The van der Waals surface area contributed by atoms with Gasteiger partial charge in [0.05, 0.1) is 11.4 Å². The van der Waals surface area contributed by atoms with Crippen molar-refractivity contribution in [2.24, 2.45) is 0 Å². The molecule has 0 radical (unpaired) electrons. The third kappa shape index (κ3) is 6.34. The highest BCUT2D eigenvalue weighted by atomic mass is 16.2. The summed E-state index contributed by atoms with van der Waals surface area (Å²) in [6.45, 7) is 11.2. The maximum atomic E-state index is 12.8. The number of hydrogen-bond donors (Lipinski definition) is 2. The first kappa shape index (κ1) is 22.5. The third-order valence-electron chi connectivity index (χ3n) is 4.48. The van der Waals surface area contributed by atoms with Gasteiger partial charge in [-0.25, -0.2) is 9.48 Å². The number of unbranched alkanes of at least 4 members (excludes halogenated alkanes) is 1. The highest BCUT2D eigenvalue weighted by Crippen LogP contribution is 2.26. The molecule has 0 bridgehead atoms. The Balaban J connectivity index is 2.23. The van der Waals surface area contributed by atoms with Crippen molar-refractivity contribution in [3.63, 3.8) is 0 Å². The minimum absolute atomic E-state index is 0.00332. The fourth-order valence-corrected chi connectivity index (χ4v) is 2.82. The number of urea groups is 1. The average molecular weight is 400 g/mol. The summed E-state index contributed by atoms with van der Waals surface area (Å²) in [5.74, 6) is 0.349. The van der Waals surface area contributed by atoms with E-state index in [1.807, 2.05) is 43.3 Å². The first-order valence-electron chi connectivity index (χ1n) is 10.2. The molecule has 0 atom stereocenters. The van der Waals surface area contributed by atoms with Crippen molar-refractivity contribution < 1.29 is 9.59 Å². The maximum Gasteiger partial charge on any atom is 0.317 e. The molecule has 1 heterocycles.